The third-order valence-electron chi connectivity index (χ3n) is 4.42. The predicted molar refractivity (Wildman–Crippen MR) is 78.3 cm³/mol. The van der Waals surface area contributed by atoms with Crippen LogP contribution in [-0.4, -0.2) is 71.3 Å². The van der Waals surface area contributed by atoms with E-state index in [-0.39, 0.29) is 23.3 Å². The Kier molecular flexibility index (Phi) is 4.37. The molecular weight excluding hydrogens is 254 g/mol. The Labute approximate surface area is 121 Å². The number of nitrogens with zero attached hydrogens (tertiary/aromatic N) is 3. The van der Waals surface area contributed by atoms with Crippen LogP contribution in [0.3, 0.4) is 0 Å². The predicted octanol–water partition coefficient (Wildman–Crippen LogP) is 0.798. The van der Waals surface area contributed by atoms with Crippen molar-refractivity contribution in [1.82, 2.24) is 14.7 Å². The average molecular weight is 281 g/mol. The van der Waals surface area contributed by atoms with Gasteiger partial charge in [0.05, 0.1) is 5.92 Å². The molecule has 0 N–H and O–H groups in total. The van der Waals surface area contributed by atoms with Gasteiger partial charge in [-0.25, -0.2) is 0 Å². The molecule has 2 fully saturated rings. The van der Waals surface area contributed by atoms with Crippen LogP contribution in [0.4, 0.5) is 0 Å². The monoisotopic (exact) mass is 281 g/mol. The second kappa shape index (κ2) is 5.72. The molecule has 2 amide bonds. The van der Waals surface area contributed by atoms with E-state index in [2.05, 4.69) is 11.8 Å². The van der Waals surface area contributed by atoms with Gasteiger partial charge in [-0.15, -0.1) is 0 Å². The SMILES string of the molecule is CCN1CCN(C(=O)[C@@H]2CC(=O)N(C(C)(C)C)C2)CC1. The molecule has 0 aromatic carbocycles. The lowest BCUT2D eigenvalue weighted by molar-refractivity contribution is -0.137. The van der Waals surface area contributed by atoms with Crippen LogP contribution in [0.2, 0.25) is 0 Å². The summed E-state index contributed by atoms with van der Waals surface area (Å²) < 4.78 is 0. The third kappa shape index (κ3) is 3.14. The smallest absolute Gasteiger partial charge is 0.228 e. The Balaban J connectivity index is 1.93. The van der Waals surface area contributed by atoms with E-state index in [4.69, 9.17) is 0 Å². The highest BCUT2D eigenvalue weighted by Gasteiger charge is 2.41. The molecule has 2 aliphatic heterocycles. The van der Waals surface area contributed by atoms with E-state index < -0.39 is 0 Å². The quantitative estimate of drug-likeness (QED) is 0.752. The number of likely N-dealkylation sites (tertiary alicyclic amines) is 1. The topological polar surface area (TPSA) is 43.9 Å². The fraction of sp³-hybridized carbons (Fsp3) is 0.867. The number of piperazine rings is 1. The fourth-order valence-electron chi connectivity index (χ4n) is 3.06. The second-order valence-electron chi connectivity index (χ2n) is 6.84. The number of hydrogen-bond acceptors (Lipinski definition) is 3. The molecule has 0 unspecified atom stereocenters. The first kappa shape index (κ1) is 15.3. The Morgan fingerprint density at radius 1 is 1.20 bits per heavy atom. The number of rotatable bonds is 2. The molecule has 2 aliphatic rings. The van der Waals surface area contributed by atoms with E-state index in [1.165, 1.54) is 0 Å². The number of hydrogen-bond donors (Lipinski definition) is 0. The minimum absolute atomic E-state index is 0.114. The molecule has 2 saturated heterocycles. The van der Waals surface area contributed by atoms with Gasteiger partial charge in [0, 0.05) is 44.7 Å². The zero-order chi connectivity index (χ0) is 14.9. The highest BCUT2D eigenvalue weighted by atomic mass is 16.2. The molecule has 0 radical (unpaired) electrons. The molecule has 1 atom stereocenters. The van der Waals surface area contributed by atoms with Crippen molar-refractivity contribution in [3.8, 4) is 0 Å². The van der Waals surface area contributed by atoms with Crippen LogP contribution in [0.25, 0.3) is 0 Å². The Morgan fingerprint density at radius 2 is 1.80 bits per heavy atom. The molecule has 0 saturated carbocycles. The van der Waals surface area contributed by atoms with Gasteiger partial charge in [-0.2, -0.15) is 0 Å². The molecule has 0 bridgehead atoms. The summed E-state index contributed by atoms with van der Waals surface area (Å²) in [6, 6.07) is 0. The maximum Gasteiger partial charge on any atom is 0.228 e. The summed E-state index contributed by atoms with van der Waals surface area (Å²) >= 11 is 0. The fourth-order valence-corrected chi connectivity index (χ4v) is 3.06. The van der Waals surface area contributed by atoms with E-state index >= 15 is 0 Å². The van der Waals surface area contributed by atoms with Gasteiger partial charge < -0.3 is 14.7 Å². The minimum Gasteiger partial charge on any atom is -0.340 e. The number of carbonyl (C=O) groups excluding carboxylic acids is 2. The normalized spacial score (nSPS) is 25.4. The van der Waals surface area contributed by atoms with Crippen molar-refractivity contribution < 1.29 is 9.59 Å². The van der Waals surface area contributed by atoms with Crippen molar-refractivity contribution in [2.24, 2.45) is 5.92 Å². The van der Waals surface area contributed by atoms with Crippen LogP contribution < -0.4 is 0 Å². The van der Waals surface area contributed by atoms with Crippen molar-refractivity contribution in [2.45, 2.75) is 39.7 Å². The van der Waals surface area contributed by atoms with E-state index in [0.29, 0.717) is 13.0 Å². The molecule has 0 aromatic rings. The minimum atomic E-state index is -0.187. The van der Waals surface area contributed by atoms with E-state index in [9.17, 15) is 9.59 Å². The van der Waals surface area contributed by atoms with Gasteiger partial charge in [0.25, 0.3) is 0 Å². The van der Waals surface area contributed by atoms with Crippen molar-refractivity contribution >= 4 is 11.8 Å². The first-order valence-electron chi connectivity index (χ1n) is 7.64. The summed E-state index contributed by atoms with van der Waals surface area (Å²) in [5.41, 5.74) is -0.187. The molecule has 20 heavy (non-hydrogen) atoms. The summed E-state index contributed by atoms with van der Waals surface area (Å²) in [5, 5.41) is 0. The molecule has 114 valence electrons. The van der Waals surface area contributed by atoms with Crippen molar-refractivity contribution in [2.75, 3.05) is 39.3 Å². The maximum absolute atomic E-state index is 12.5. The molecule has 0 aliphatic carbocycles. The largest absolute Gasteiger partial charge is 0.340 e. The molecule has 5 nitrogen and oxygen atoms in total. The Hall–Kier alpha value is -1.10. The number of likely N-dealkylation sites (N-methyl/N-ethyl adjacent to an activating group) is 1. The van der Waals surface area contributed by atoms with Gasteiger partial charge in [-0.1, -0.05) is 6.92 Å². The lowest BCUT2D eigenvalue weighted by Gasteiger charge is -2.36. The van der Waals surface area contributed by atoms with Gasteiger partial charge >= 0.3 is 0 Å². The van der Waals surface area contributed by atoms with Gasteiger partial charge in [-0.05, 0) is 27.3 Å². The molecule has 0 spiro atoms. The first-order valence-corrected chi connectivity index (χ1v) is 7.64. The molecule has 2 heterocycles. The lowest BCUT2D eigenvalue weighted by Crippen LogP contribution is -2.50. The Bertz CT molecular complexity index is 381. The molecular formula is C15H27N3O2. The van der Waals surface area contributed by atoms with Crippen LogP contribution in [0.5, 0.6) is 0 Å². The van der Waals surface area contributed by atoms with Crippen molar-refractivity contribution in [3.63, 3.8) is 0 Å². The number of amides is 2. The van der Waals surface area contributed by atoms with Crippen LogP contribution in [-0.2, 0) is 9.59 Å². The van der Waals surface area contributed by atoms with Crippen molar-refractivity contribution in [1.29, 1.82) is 0 Å². The summed E-state index contributed by atoms with van der Waals surface area (Å²) in [4.78, 5) is 30.7. The first-order chi connectivity index (χ1) is 9.32. The van der Waals surface area contributed by atoms with Crippen LogP contribution >= 0.6 is 0 Å². The van der Waals surface area contributed by atoms with E-state index in [1.807, 2.05) is 30.6 Å². The summed E-state index contributed by atoms with van der Waals surface area (Å²) in [6.07, 6.45) is 0.379. The maximum atomic E-state index is 12.5. The van der Waals surface area contributed by atoms with Crippen molar-refractivity contribution in [3.05, 3.63) is 0 Å². The van der Waals surface area contributed by atoms with Gasteiger partial charge in [0.15, 0.2) is 0 Å². The van der Waals surface area contributed by atoms with E-state index in [0.717, 1.165) is 32.7 Å². The molecule has 2 rings (SSSR count). The van der Waals surface area contributed by atoms with Gasteiger partial charge in [0.2, 0.25) is 11.8 Å². The van der Waals surface area contributed by atoms with Crippen LogP contribution in [0.1, 0.15) is 34.1 Å². The average Bonchev–Trinajstić information content (AvgIpc) is 2.80. The summed E-state index contributed by atoms with van der Waals surface area (Å²) in [5.74, 6) is 0.138. The summed E-state index contributed by atoms with van der Waals surface area (Å²) in [6.45, 7) is 13.3. The number of carbonyl (C=O) groups is 2. The zero-order valence-electron chi connectivity index (χ0n) is 13.2. The molecule has 0 aromatic heterocycles. The zero-order valence-corrected chi connectivity index (χ0v) is 13.2. The highest BCUT2D eigenvalue weighted by Crippen LogP contribution is 2.27. The summed E-state index contributed by atoms with van der Waals surface area (Å²) in [7, 11) is 0. The van der Waals surface area contributed by atoms with E-state index in [1.54, 1.807) is 0 Å². The second-order valence-corrected chi connectivity index (χ2v) is 6.84. The molecule has 5 heteroatoms. The van der Waals surface area contributed by atoms with Crippen LogP contribution in [0, 0.1) is 5.92 Å². The van der Waals surface area contributed by atoms with Gasteiger partial charge in [0.1, 0.15) is 0 Å². The standard InChI is InChI=1S/C15H27N3O2/c1-5-16-6-8-17(9-7-16)14(20)12-10-13(19)18(11-12)15(2,3)4/h12H,5-11H2,1-4H3/t12-/m1/s1. The van der Waals surface area contributed by atoms with Gasteiger partial charge in [-0.3, -0.25) is 9.59 Å². The highest BCUT2D eigenvalue weighted by molar-refractivity contribution is 5.89. The van der Waals surface area contributed by atoms with Crippen LogP contribution in [0.15, 0.2) is 0 Å². The Morgan fingerprint density at radius 3 is 2.25 bits per heavy atom. The lowest BCUT2D eigenvalue weighted by atomic mass is 10.1. The third-order valence-corrected chi connectivity index (χ3v) is 4.42.